The zero-order valence-corrected chi connectivity index (χ0v) is 12.9. The summed E-state index contributed by atoms with van der Waals surface area (Å²) in [4.78, 5) is 41.8. The molecule has 1 amide bonds. The van der Waals surface area contributed by atoms with Crippen LogP contribution < -0.4 is 5.56 Å². The number of amides is 1. The molecular weight excluding hydrogens is 298 g/mol. The first-order valence-corrected chi connectivity index (χ1v) is 7.28. The molecule has 0 unspecified atom stereocenters. The van der Waals surface area contributed by atoms with Crippen molar-refractivity contribution in [1.29, 1.82) is 0 Å². The second kappa shape index (κ2) is 5.19. The van der Waals surface area contributed by atoms with E-state index >= 15 is 0 Å². The van der Waals surface area contributed by atoms with Gasteiger partial charge in [-0.15, -0.1) is 0 Å². The Morgan fingerprint density at radius 2 is 2.04 bits per heavy atom. The average molecular weight is 315 g/mol. The lowest BCUT2D eigenvalue weighted by Gasteiger charge is -2.45. The van der Waals surface area contributed by atoms with E-state index in [4.69, 9.17) is 0 Å². The normalized spacial score (nSPS) is 16.2. The minimum atomic E-state index is -1.31. The van der Waals surface area contributed by atoms with E-state index in [0.717, 1.165) is 4.57 Å². The summed E-state index contributed by atoms with van der Waals surface area (Å²) in [5.74, 6) is -1.52. The highest BCUT2D eigenvalue weighted by Crippen LogP contribution is 2.28. The lowest BCUT2D eigenvalue weighted by atomic mass is 9.84. The molecule has 23 heavy (non-hydrogen) atoms. The van der Waals surface area contributed by atoms with E-state index in [9.17, 15) is 19.5 Å². The Hall–Kier alpha value is -2.70. The van der Waals surface area contributed by atoms with Crippen molar-refractivity contribution in [2.45, 2.75) is 20.4 Å². The largest absolute Gasteiger partial charge is 0.477 e. The fraction of sp³-hybridized carbons (Fsp3) is 0.375. The molecule has 7 heteroatoms. The van der Waals surface area contributed by atoms with Gasteiger partial charge in [0.25, 0.3) is 5.56 Å². The molecule has 0 aliphatic carbocycles. The second-order valence-corrected chi connectivity index (χ2v) is 6.58. The molecule has 0 saturated carbocycles. The van der Waals surface area contributed by atoms with Gasteiger partial charge in [-0.3, -0.25) is 14.2 Å². The molecule has 2 aromatic rings. The number of carbonyl (C=O) groups excluding carboxylic acids is 1. The zero-order valence-electron chi connectivity index (χ0n) is 12.9. The van der Waals surface area contributed by atoms with Crippen molar-refractivity contribution in [2.24, 2.45) is 5.41 Å². The smallest absolute Gasteiger partial charge is 0.341 e. The van der Waals surface area contributed by atoms with Crippen molar-refractivity contribution in [2.75, 3.05) is 13.1 Å². The number of pyridine rings is 2. The number of fused-ring (bicyclic) bond motifs is 1. The van der Waals surface area contributed by atoms with E-state index < -0.39 is 11.5 Å². The van der Waals surface area contributed by atoms with Crippen LogP contribution in [0.15, 0.2) is 29.2 Å². The summed E-state index contributed by atoms with van der Waals surface area (Å²) >= 11 is 0. The topological polar surface area (TPSA) is 92.5 Å². The summed E-state index contributed by atoms with van der Waals surface area (Å²) in [7, 11) is 0. The third-order valence-electron chi connectivity index (χ3n) is 3.96. The molecule has 0 atom stereocenters. The predicted octanol–water partition coefficient (Wildman–Crippen LogP) is 0.963. The molecule has 1 N–H and O–H groups in total. The van der Waals surface area contributed by atoms with Gasteiger partial charge < -0.3 is 10.0 Å². The van der Waals surface area contributed by atoms with Crippen LogP contribution in [0.2, 0.25) is 0 Å². The first-order valence-electron chi connectivity index (χ1n) is 7.28. The molecule has 1 saturated heterocycles. The summed E-state index contributed by atoms with van der Waals surface area (Å²) in [6, 6.07) is 4.62. The summed E-state index contributed by atoms with van der Waals surface area (Å²) in [5, 5.41) is 9.70. The highest BCUT2D eigenvalue weighted by Gasteiger charge is 2.37. The van der Waals surface area contributed by atoms with E-state index in [1.54, 1.807) is 17.0 Å². The Bertz CT molecular complexity index is 861. The number of carboxylic acid groups (broad SMARTS) is 1. The monoisotopic (exact) mass is 315 g/mol. The van der Waals surface area contributed by atoms with Crippen LogP contribution >= 0.6 is 0 Å². The molecule has 0 bridgehead atoms. The summed E-state index contributed by atoms with van der Waals surface area (Å²) in [6.07, 6.45) is 1.51. The Balaban J connectivity index is 2.02. The number of hydrogen-bond donors (Lipinski definition) is 1. The highest BCUT2D eigenvalue weighted by molar-refractivity contribution is 5.92. The lowest BCUT2D eigenvalue weighted by Crippen LogP contribution is -2.56. The van der Waals surface area contributed by atoms with Gasteiger partial charge in [-0.2, -0.15) is 0 Å². The van der Waals surface area contributed by atoms with Gasteiger partial charge in [-0.25, -0.2) is 9.78 Å². The minimum absolute atomic E-state index is 0.0872. The van der Waals surface area contributed by atoms with Crippen LogP contribution in [0, 0.1) is 5.41 Å². The molecule has 2 aromatic heterocycles. The molecule has 1 fully saturated rings. The molecule has 0 radical (unpaired) electrons. The molecule has 3 rings (SSSR count). The van der Waals surface area contributed by atoms with Crippen LogP contribution in [-0.4, -0.2) is 44.5 Å². The SMILES string of the molecule is CC1(C)CN(C(=O)Cn2c(=O)c(C(=O)O)cc3cccnc32)C1. The lowest BCUT2D eigenvalue weighted by molar-refractivity contribution is -0.142. The number of aromatic carboxylic acids is 1. The van der Waals surface area contributed by atoms with Gasteiger partial charge >= 0.3 is 5.97 Å². The van der Waals surface area contributed by atoms with Gasteiger partial charge in [0.15, 0.2) is 0 Å². The first kappa shape index (κ1) is 15.2. The van der Waals surface area contributed by atoms with Crippen LogP contribution in [-0.2, 0) is 11.3 Å². The summed E-state index contributed by atoms with van der Waals surface area (Å²) in [5.41, 5.74) is -0.668. The molecule has 120 valence electrons. The van der Waals surface area contributed by atoms with E-state index in [-0.39, 0.29) is 23.4 Å². The van der Waals surface area contributed by atoms with Gasteiger partial charge in [0, 0.05) is 24.7 Å². The predicted molar refractivity (Wildman–Crippen MR) is 83.3 cm³/mol. The standard InChI is InChI=1S/C16H17N3O4/c1-16(2)8-18(9-16)12(20)7-19-13-10(4-3-5-17-13)6-11(14(19)21)15(22)23/h3-6H,7-9H2,1-2H3,(H,22,23). The Kier molecular flexibility index (Phi) is 3.43. The van der Waals surface area contributed by atoms with Gasteiger partial charge in [0.05, 0.1) is 0 Å². The number of nitrogens with zero attached hydrogens (tertiary/aromatic N) is 3. The molecule has 1 aliphatic heterocycles. The van der Waals surface area contributed by atoms with E-state index in [1.807, 2.05) is 0 Å². The first-order chi connectivity index (χ1) is 10.8. The molecular formula is C16H17N3O4. The highest BCUT2D eigenvalue weighted by atomic mass is 16.4. The van der Waals surface area contributed by atoms with Crippen molar-refractivity contribution in [1.82, 2.24) is 14.5 Å². The fourth-order valence-corrected chi connectivity index (χ4v) is 2.90. The van der Waals surface area contributed by atoms with Crippen LogP contribution in [0.3, 0.4) is 0 Å². The third kappa shape index (κ3) is 2.69. The number of hydrogen-bond acceptors (Lipinski definition) is 4. The van der Waals surface area contributed by atoms with Crippen molar-refractivity contribution >= 4 is 22.9 Å². The Morgan fingerprint density at radius 3 is 2.65 bits per heavy atom. The second-order valence-electron chi connectivity index (χ2n) is 6.58. The Morgan fingerprint density at radius 1 is 1.35 bits per heavy atom. The number of carbonyl (C=O) groups is 2. The van der Waals surface area contributed by atoms with Crippen LogP contribution in [0.1, 0.15) is 24.2 Å². The van der Waals surface area contributed by atoms with Gasteiger partial charge in [0.1, 0.15) is 17.8 Å². The number of rotatable bonds is 3. The van der Waals surface area contributed by atoms with Crippen LogP contribution in [0.4, 0.5) is 0 Å². The van der Waals surface area contributed by atoms with Crippen molar-refractivity contribution < 1.29 is 14.7 Å². The fourth-order valence-electron chi connectivity index (χ4n) is 2.90. The molecule has 3 heterocycles. The van der Waals surface area contributed by atoms with Crippen molar-refractivity contribution in [3.8, 4) is 0 Å². The minimum Gasteiger partial charge on any atom is -0.477 e. The summed E-state index contributed by atoms with van der Waals surface area (Å²) in [6.45, 7) is 5.18. The maximum absolute atomic E-state index is 12.4. The molecule has 0 spiro atoms. The maximum atomic E-state index is 12.4. The maximum Gasteiger partial charge on any atom is 0.341 e. The van der Waals surface area contributed by atoms with Gasteiger partial charge in [0.2, 0.25) is 5.91 Å². The molecule has 1 aliphatic rings. The Labute approximate surface area is 132 Å². The molecule has 7 nitrogen and oxygen atoms in total. The quantitative estimate of drug-likeness (QED) is 0.911. The number of carboxylic acids is 1. The van der Waals surface area contributed by atoms with E-state index in [0.29, 0.717) is 24.1 Å². The van der Waals surface area contributed by atoms with Gasteiger partial charge in [-0.1, -0.05) is 13.8 Å². The third-order valence-corrected chi connectivity index (χ3v) is 3.96. The van der Waals surface area contributed by atoms with Gasteiger partial charge in [-0.05, 0) is 23.6 Å². The molecule has 0 aromatic carbocycles. The van der Waals surface area contributed by atoms with Crippen molar-refractivity contribution in [3.63, 3.8) is 0 Å². The van der Waals surface area contributed by atoms with Crippen LogP contribution in [0.25, 0.3) is 11.0 Å². The van der Waals surface area contributed by atoms with Crippen LogP contribution in [0.5, 0.6) is 0 Å². The number of likely N-dealkylation sites (tertiary alicyclic amines) is 1. The average Bonchev–Trinajstić information content (AvgIpc) is 2.46. The van der Waals surface area contributed by atoms with Crippen molar-refractivity contribution in [3.05, 3.63) is 40.3 Å². The summed E-state index contributed by atoms with van der Waals surface area (Å²) < 4.78 is 1.15. The van der Waals surface area contributed by atoms with E-state index in [2.05, 4.69) is 18.8 Å². The van der Waals surface area contributed by atoms with E-state index in [1.165, 1.54) is 12.3 Å². The number of aromatic nitrogens is 2. The zero-order chi connectivity index (χ0) is 16.8.